The maximum Gasteiger partial charge on any atom is 1.00 e. The molecule has 0 aliphatic heterocycles. The second-order valence-electron chi connectivity index (χ2n) is 4.38. The number of hydrogen-bond acceptors (Lipinski definition) is 4. The summed E-state index contributed by atoms with van der Waals surface area (Å²) in [6.07, 6.45) is 2.36. The molecule has 6 heteroatoms. The molecule has 1 aromatic carbocycles. The Balaban J connectivity index is 0.00000361. The van der Waals surface area contributed by atoms with Gasteiger partial charge in [-0.2, -0.15) is 0 Å². The average molecular weight is 290 g/mol. The van der Waals surface area contributed by atoms with Crippen LogP contribution in [0.15, 0.2) is 40.6 Å². The molecule has 1 rings (SSSR count). The van der Waals surface area contributed by atoms with E-state index in [0.717, 1.165) is 5.41 Å². The van der Waals surface area contributed by atoms with Gasteiger partial charge in [-0.25, -0.2) is 8.42 Å². The van der Waals surface area contributed by atoms with Crippen molar-refractivity contribution in [2.45, 2.75) is 24.8 Å². The van der Waals surface area contributed by atoms with Gasteiger partial charge in [0.2, 0.25) is 0 Å². The minimum atomic E-state index is -3.47. The van der Waals surface area contributed by atoms with Gasteiger partial charge in [0.1, 0.15) is 6.79 Å². The van der Waals surface area contributed by atoms with Crippen molar-refractivity contribution < 1.29 is 36.8 Å². The van der Waals surface area contributed by atoms with Crippen LogP contribution in [0.1, 0.15) is 13.8 Å². The number of ether oxygens (including phenoxy) is 2. The van der Waals surface area contributed by atoms with Crippen LogP contribution in [0, 0.1) is 12.0 Å². The van der Waals surface area contributed by atoms with E-state index in [-0.39, 0.29) is 36.5 Å². The molecular formula is C14H19LiO4S. The fraction of sp³-hybridized carbons (Fsp3) is 0.429. The number of sulfone groups is 1. The SMILES string of the molecule is COCO[C@H]([C-]=CS(=O)(=O)c1ccccc1)C(C)C.[Li+]. The van der Waals surface area contributed by atoms with Crippen LogP contribution in [0.2, 0.25) is 0 Å². The van der Waals surface area contributed by atoms with E-state index < -0.39 is 15.9 Å². The van der Waals surface area contributed by atoms with Crippen molar-refractivity contribution in [2.24, 2.45) is 5.92 Å². The first-order chi connectivity index (χ1) is 8.97. The van der Waals surface area contributed by atoms with Crippen molar-refractivity contribution in [1.29, 1.82) is 0 Å². The molecule has 1 atom stereocenters. The van der Waals surface area contributed by atoms with Crippen molar-refractivity contribution >= 4 is 9.84 Å². The molecular weight excluding hydrogens is 271 g/mol. The summed E-state index contributed by atoms with van der Waals surface area (Å²) in [5.41, 5.74) is 0. The van der Waals surface area contributed by atoms with Gasteiger partial charge in [-0.3, -0.25) is 0 Å². The van der Waals surface area contributed by atoms with E-state index in [1.54, 1.807) is 30.3 Å². The first kappa shape index (κ1) is 19.4. The molecule has 0 fully saturated rings. The fourth-order valence-corrected chi connectivity index (χ4v) is 2.40. The third-order valence-electron chi connectivity index (χ3n) is 2.43. The molecule has 0 saturated heterocycles. The number of hydrogen-bond donors (Lipinski definition) is 0. The zero-order chi connectivity index (χ0) is 14.3. The summed E-state index contributed by atoms with van der Waals surface area (Å²) in [5.74, 6) is 0.109. The summed E-state index contributed by atoms with van der Waals surface area (Å²) in [7, 11) is -1.96. The van der Waals surface area contributed by atoms with Crippen LogP contribution in [0.3, 0.4) is 0 Å². The number of rotatable bonds is 7. The Kier molecular flexibility index (Phi) is 9.11. The first-order valence-electron chi connectivity index (χ1n) is 5.97. The van der Waals surface area contributed by atoms with Crippen LogP contribution in [-0.2, 0) is 19.3 Å². The molecule has 0 saturated carbocycles. The van der Waals surface area contributed by atoms with E-state index in [2.05, 4.69) is 6.08 Å². The summed E-state index contributed by atoms with van der Waals surface area (Å²) >= 11 is 0. The van der Waals surface area contributed by atoms with Crippen molar-refractivity contribution in [2.75, 3.05) is 13.9 Å². The molecule has 0 amide bonds. The topological polar surface area (TPSA) is 52.6 Å². The zero-order valence-electron chi connectivity index (χ0n) is 12.4. The van der Waals surface area contributed by atoms with Crippen LogP contribution in [0.5, 0.6) is 0 Å². The normalized spacial score (nSPS) is 13.4. The Morgan fingerprint density at radius 1 is 1.25 bits per heavy atom. The molecule has 20 heavy (non-hydrogen) atoms. The van der Waals surface area contributed by atoms with Crippen molar-refractivity contribution in [3.63, 3.8) is 0 Å². The molecule has 0 spiro atoms. The van der Waals surface area contributed by atoms with Gasteiger partial charge in [0, 0.05) is 7.11 Å². The maximum atomic E-state index is 12.0. The Hall–Kier alpha value is -0.573. The van der Waals surface area contributed by atoms with Crippen molar-refractivity contribution in [3.05, 3.63) is 41.8 Å². The summed E-state index contributed by atoms with van der Waals surface area (Å²) in [6, 6.07) is 8.23. The minimum absolute atomic E-state index is 0. The van der Waals surface area contributed by atoms with Crippen molar-refractivity contribution in [3.8, 4) is 0 Å². The van der Waals surface area contributed by atoms with Gasteiger partial charge in [0.25, 0.3) is 0 Å². The molecule has 0 N–H and O–H groups in total. The van der Waals surface area contributed by atoms with Crippen molar-refractivity contribution in [1.82, 2.24) is 0 Å². The van der Waals surface area contributed by atoms with Gasteiger partial charge in [-0.05, 0) is 18.1 Å². The van der Waals surface area contributed by atoms with E-state index in [0.29, 0.717) is 0 Å². The third-order valence-corrected chi connectivity index (χ3v) is 3.81. The summed E-state index contributed by atoms with van der Waals surface area (Å²) in [4.78, 5) is 0.247. The summed E-state index contributed by atoms with van der Waals surface area (Å²) in [5, 5.41) is 1.07. The van der Waals surface area contributed by atoms with Gasteiger partial charge in [0.15, 0.2) is 9.84 Å². The predicted molar refractivity (Wildman–Crippen MR) is 73.0 cm³/mol. The standard InChI is InChI=1S/C14H19O4S.Li/c1-12(2)14(18-11-17-3)9-10-19(15,16)13-7-5-4-6-8-13;/h4-8,10,12,14H,11H2,1-3H3;/q-1;+1/t14-;/m1./s1. The van der Waals surface area contributed by atoms with E-state index in [1.807, 2.05) is 13.8 Å². The van der Waals surface area contributed by atoms with Gasteiger partial charge < -0.3 is 15.5 Å². The number of benzene rings is 1. The van der Waals surface area contributed by atoms with E-state index in [4.69, 9.17) is 9.47 Å². The molecule has 0 aliphatic carbocycles. The molecule has 0 radical (unpaired) electrons. The zero-order valence-corrected chi connectivity index (χ0v) is 13.2. The molecule has 106 valence electrons. The molecule has 0 heterocycles. The molecule has 0 unspecified atom stereocenters. The Bertz CT molecular complexity index is 497. The molecule has 0 bridgehead atoms. The summed E-state index contributed by atoms with van der Waals surface area (Å²) in [6.45, 7) is 3.96. The molecule has 0 aromatic heterocycles. The van der Waals surface area contributed by atoms with Gasteiger partial charge in [-0.15, -0.1) is 5.41 Å². The van der Waals surface area contributed by atoms with Gasteiger partial charge in [-0.1, -0.05) is 38.2 Å². The van der Waals surface area contributed by atoms with E-state index >= 15 is 0 Å². The summed E-state index contributed by atoms with van der Waals surface area (Å²) < 4.78 is 34.2. The minimum Gasteiger partial charge on any atom is -0.454 e. The van der Waals surface area contributed by atoms with E-state index in [1.165, 1.54) is 7.11 Å². The molecule has 4 nitrogen and oxygen atoms in total. The van der Waals surface area contributed by atoms with Gasteiger partial charge in [0.05, 0.1) is 4.90 Å². The van der Waals surface area contributed by atoms with Crippen LogP contribution in [0.4, 0.5) is 0 Å². The second kappa shape index (κ2) is 9.38. The van der Waals surface area contributed by atoms with Crippen LogP contribution in [-0.4, -0.2) is 28.4 Å². The van der Waals surface area contributed by atoms with Crippen LogP contribution in [0.25, 0.3) is 0 Å². The molecule has 0 aliphatic rings. The largest absolute Gasteiger partial charge is 1.00 e. The van der Waals surface area contributed by atoms with Gasteiger partial charge >= 0.3 is 18.9 Å². The third kappa shape index (κ3) is 6.25. The average Bonchev–Trinajstić information content (AvgIpc) is 2.39. The second-order valence-corrected chi connectivity index (χ2v) is 6.18. The van der Waals surface area contributed by atoms with Crippen LogP contribution < -0.4 is 18.9 Å². The Morgan fingerprint density at radius 2 is 1.85 bits per heavy atom. The Labute approximate surface area is 133 Å². The first-order valence-corrected chi connectivity index (χ1v) is 7.52. The monoisotopic (exact) mass is 290 g/mol. The van der Waals surface area contributed by atoms with Crippen LogP contribution >= 0.6 is 0 Å². The fourth-order valence-electron chi connectivity index (χ4n) is 1.41. The number of methoxy groups -OCH3 is 1. The maximum absolute atomic E-state index is 12.0. The van der Waals surface area contributed by atoms with E-state index in [9.17, 15) is 8.42 Å². The quantitative estimate of drug-likeness (QED) is 0.383. The predicted octanol–water partition coefficient (Wildman–Crippen LogP) is -0.574. The molecule has 1 aromatic rings. The Morgan fingerprint density at radius 3 is 2.35 bits per heavy atom. The smallest absolute Gasteiger partial charge is 0.454 e.